The van der Waals surface area contributed by atoms with Gasteiger partial charge < -0.3 is 9.64 Å². The van der Waals surface area contributed by atoms with Crippen molar-refractivity contribution in [1.29, 1.82) is 0 Å². The van der Waals surface area contributed by atoms with E-state index in [1.165, 1.54) is 11.8 Å². The first-order chi connectivity index (χ1) is 8.08. The molecule has 1 aromatic carbocycles. The fourth-order valence-electron chi connectivity index (χ4n) is 1.21. The first-order valence-electron chi connectivity index (χ1n) is 5.29. The molecule has 0 N–H and O–H groups in total. The van der Waals surface area contributed by atoms with Crippen molar-refractivity contribution in [2.45, 2.75) is 12.2 Å². The number of hydrogen-bond donors (Lipinski definition) is 0. The van der Waals surface area contributed by atoms with Crippen molar-refractivity contribution in [3.05, 3.63) is 36.9 Å². The van der Waals surface area contributed by atoms with Gasteiger partial charge in [-0.15, -0.1) is 6.58 Å². The van der Waals surface area contributed by atoms with Crippen molar-refractivity contribution >= 4 is 22.7 Å². The van der Waals surface area contributed by atoms with Crippen molar-refractivity contribution in [3.8, 4) is 5.75 Å². The maximum Gasteiger partial charge on any atom is 0.286 e. The van der Waals surface area contributed by atoms with Gasteiger partial charge in [0.05, 0.1) is 7.11 Å². The average molecular weight is 251 g/mol. The molecule has 0 fully saturated rings. The van der Waals surface area contributed by atoms with Crippen LogP contribution in [-0.2, 0) is 0 Å². The maximum atomic E-state index is 11.9. The lowest BCUT2D eigenvalue weighted by molar-refractivity contribution is 0.266. The van der Waals surface area contributed by atoms with Crippen LogP contribution in [0.4, 0.5) is 10.5 Å². The fraction of sp³-hybridized carbons (Fsp3) is 0.308. The van der Waals surface area contributed by atoms with Gasteiger partial charge in [0.2, 0.25) is 0 Å². The molecule has 92 valence electrons. The Morgan fingerprint density at radius 1 is 1.59 bits per heavy atom. The van der Waals surface area contributed by atoms with Gasteiger partial charge in [-0.3, -0.25) is 4.79 Å². The molecule has 1 aromatic rings. The van der Waals surface area contributed by atoms with E-state index in [0.717, 1.165) is 11.4 Å². The van der Waals surface area contributed by atoms with Crippen LogP contribution in [0.25, 0.3) is 0 Å². The molecule has 0 aromatic heterocycles. The Labute approximate surface area is 106 Å². The first-order valence-corrected chi connectivity index (χ1v) is 6.17. The van der Waals surface area contributed by atoms with Crippen LogP contribution in [0.5, 0.6) is 5.75 Å². The summed E-state index contributed by atoms with van der Waals surface area (Å²) in [6, 6.07) is 7.41. The summed E-state index contributed by atoms with van der Waals surface area (Å²) in [6.45, 7) is 5.60. The van der Waals surface area contributed by atoms with Crippen molar-refractivity contribution in [2.75, 3.05) is 19.1 Å². The van der Waals surface area contributed by atoms with Gasteiger partial charge >= 0.3 is 0 Å². The van der Waals surface area contributed by atoms with Gasteiger partial charge in [0.1, 0.15) is 5.75 Å². The van der Waals surface area contributed by atoms with Crippen molar-refractivity contribution in [3.63, 3.8) is 0 Å². The molecule has 0 aliphatic carbocycles. The quantitative estimate of drug-likeness (QED) is 0.766. The Hall–Kier alpha value is -1.42. The number of amides is 1. The number of rotatable bonds is 4. The summed E-state index contributed by atoms with van der Waals surface area (Å²) in [5.41, 5.74) is 0.818. The fourth-order valence-corrected chi connectivity index (χ4v) is 1.89. The molecular weight excluding hydrogens is 234 g/mol. The molecule has 1 unspecified atom stereocenters. The SMILES string of the molecule is C=CC(C)SC(=O)N(C)c1cccc(OC)c1. The van der Waals surface area contributed by atoms with Gasteiger partial charge in [-0.05, 0) is 19.1 Å². The van der Waals surface area contributed by atoms with E-state index in [1.807, 2.05) is 31.2 Å². The van der Waals surface area contributed by atoms with Gasteiger partial charge in [0.25, 0.3) is 5.24 Å². The van der Waals surface area contributed by atoms with Crippen LogP contribution >= 0.6 is 11.8 Å². The summed E-state index contributed by atoms with van der Waals surface area (Å²) < 4.78 is 5.13. The number of anilines is 1. The van der Waals surface area contributed by atoms with Crippen molar-refractivity contribution < 1.29 is 9.53 Å². The molecule has 0 spiro atoms. The molecule has 4 heteroatoms. The molecule has 1 atom stereocenters. The molecular formula is C13H17NO2S. The summed E-state index contributed by atoms with van der Waals surface area (Å²) in [6.07, 6.45) is 1.75. The zero-order valence-corrected chi connectivity index (χ0v) is 11.2. The largest absolute Gasteiger partial charge is 0.497 e. The molecule has 0 aliphatic heterocycles. The predicted octanol–water partition coefficient (Wildman–Crippen LogP) is 3.56. The van der Waals surface area contributed by atoms with E-state index >= 15 is 0 Å². The highest BCUT2D eigenvalue weighted by molar-refractivity contribution is 8.14. The Bertz CT molecular complexity index is 406. The Balaban J connectivity index is 2.77. The molecule has 0 bridgehead atoms. The summed E-state index contributed by atoms with van der Waals surface area (Å²) in [4.78, 5) is 13.5. The van der Waals surface area contributed by atoms with E-state index in [9.17, 15) is 4.79 Å². The van der Waals surface area contributed by atoms with Crippen molar-refractivity contribution in [2.24, 2.45) is 0 Å². The van der Waals surface area contributed by atoms with Gasteiger partial charge in [-0.2, -0.15) is 0 Å². The zero-order chi connectivity index (χ0) is 12.8. The van der Waals surface area contributed by atoms with Crippen LogP contribution in [0.1, 0.15) is 6.92 Å². The maximum absolute atomic E-state index is 11.9. The lowest BCUT2D eigenvalue weighted by Gasteiger charge is -2.18. The Morgan fingerprint density at radius 2 is 2.29 bits per heavy atom. The summed E-state index contributed by atoms with van der Waals surface area (Å²) in [5.74, 6) is 0.740. The van der Waals surface area contributed by atoms with Crippen LogP contribution in [0.3, 0.4) is 0 Å². The van der Waals surface area contributed by atoms with Gasteiger partial charge in [-0.25, -0.2) is 0 Å². The van der Waals surface area contributed by atoms with E-state index in [0.29, 0.717) is 0 Å². The second kappa shape index (κ2) is 6.35. The molecule has 17 heavy (non-hydrogen) atoms. The number of thioether (sulfide) groups is 1. The van der Waals surface area contributed by atoms with Crippen molar-refractivity contribution in [1.82, 2.24) is 0 Å². The normalized spacial score (nSPS) is 11.7. The second-order valence-electron chi connectivity index (χ2n) is 3.59. The minimum Gasteiger partial charge on any atom is -0.497 e. The molecule has 0 radical (unpaired) electrons. The summed E-state index contributed by atoms with van der Waals surface area (Å²) in [7, 11) is 3.36. The van der Waals surface area contributed by atoms with E-state index in [2.05, 4.69) is 6.58 Å². The van der Waals surface area contributed by atoms with Crippen LogP contribution in [0.15, 0.2) is 36.9 Å². The van der Waals surface area contributed by atoms with Crippen LogP contribution in [0, 0.1) is 0 Å². The van der Waals surface area contributed by atoms with E-state index in [4.69, 9.17) is 4.74 Å². The number of carbonyl (C=O) groups is 1. The molecule has 0 saturated heterocycles. The first kappa shape index (κ1) is 13.6. The molecule has 1 rings (SSSR count). The number of ether oxygens (including phenoxy) is 1. The lowest BCUT2D eigenvalue weighted by atomic mass is 10.3. The monoisotopic (exact) mass is 251 g/mol. The molecule has 0 saturated carbocycles. The Morgan fingerprint density at radius 3 is 2.88 bits per heavy atom. The molecule has 0 heterocycles. The standard InChI is InChI=1S/C13H17NO2S/c1-5-10(2)17-13(15)14(3)11-7-6-8-12(9-11)16-4/h5-10H,1H2,2-4H3. The minimum absolute atomic E-state index is 0.00865. The van der Waals surface area contributed by atoms with Gasteiger partial charge in [0.15, 0.2) is 0 Å². The zero-order valence-electron chi connectivity index (χ0n) is 10.3. The number of methoxy groups -OCH3 is 1. The van der Waals surface area contributed by atoms with E-state index < -0.39 is 0 Å². The number of nitrogens with zero attached hydrogens (tertiary/aromatic N) is 1. The third kappa shape index (κ3) is 3.82. The van der Waals surface area contributed by atoms with Crippen LogP contribution in [0.2, 0.25) is 0 Å². The van der Waals surface area contributed by atoms with E-state index in [1.54, 1.807) is 25.1 Å². The highest BCUT2D eigenvalue weighted by atomic mass is 32.2. The third-order valence-electron chi connectivity index (χ3n) is 2.33. The van der Waals surface area contributed by atoms with Crippen LogP contribution in [-0.4, -0.2) is 24.6 Å². The number of benzene rings is 1. The summed E-state index contributed by atoms with van der Waals surface area (Å²) in [5, 5.41) is 0.0983. The van der Waals surface area contributed by atoms with Crippen LogP contribution < -0.4 is 9.64 Å². The smallest absolute Gasteiger partial charge is 0.286 e. The van der Waals surface area contributed by atoms with E-state index in [-0.39, 0.29) is 10.5 Å². The molecule has 3 nitrogen and oxygen atoms in total. The molecule has 0 aliphatic rings. The van der Waals surface area contributed by atoms with Gasteiger partial charge in [0, 0.05) is 24.1 Å². The second-order valence-corrected chi connectivity index (χ2v) is 4.91. The summed E-state index contributed by atoms with van der Waals surface area (Å²) >= 11 is 1.24. The number of hydrogen-bond acceptors (Lipinski definition) is 3. The third-order valence-corrected chi connectivity index (χ3v) is 3.37. The number of carbonyl (C=O) groups excluding carboxylic acids is 1. The minimum atomic E-state index is -0.00865. The topological polar surface area (TPSA) is 29.5 Å². The highest BCUT2D eigenvalue weighted by Crippen LogP contribution is 2.24. The van der Waals surface area contributed by atoms with Gasteiger partial charge in [-0.1, -0.05) is 23.9 Å². The lowest BCUT2D eigenvalue weighted by Crippen LogP contribution is -2.23. The molecule has 1 amide bonds. The Kier molecular flexibility index (Phi) is 5.10. The average Bonchev–Trinajstić information content (AvgIpc) is 2.37. The highest BCUT2D eigenvalue weighted by Gasteiger charge is 2.14. The predicted molar refractivity (Wildman–Crippen MR) is 74.0 cm³/mol.